The van der Waals surface area contributed by atoms with E-state index in [1.54, 1.807) is 19.1 Å². The van der Waals surface area contributed by atoms with E-state index in [0.717, 1.165) is 24.8 Å². The molecule has 2 heterocycles. The van der Waals surface area contributed by atoms with Crippen molar-refractivity contribution in [3.8, 4) is 5.82 Å². The quantitative estimate of drug-likeness (QED) is 0.671. The summed E-state index contributed by atoms with van der Waals surface area (Å²) in [5, 5.41) is 6.99. The van der Waals surface area contributed by atoms with Crippen LogP contribution in [0.1, 0.15) is 47.3 Å². The van der Waals surface area contributed by atoms with Crippen LogP contribution >= 0.6 is 0 Å². The standard InChI is InChI=1S/C21H21N5O3/c1-14(20(27)25-18-8-4-6-15-5-2-3-7-17(15)18)29-21(28)16-9-10-19(23-11-16)26-13-22-12-24-26/h2-3,5,7,9-14,18H,4,6,8H2,1H3,(H,25,27). The molecular weight excluding hydrogens is 370 g/mol. The highest BCUT2D eigenvalue weighted by Crippen LogP contribution is 2.29. The molecule has 0 saturated carbocycles. The van der Waals surface area contributed by atoms with Gasteiger partial charge in [0.15, 0.2) is 11.9 Å². The van der Waals surface area contributed by atoms with E-state index < -0.39 is 12.1 Å². The predicted molar refractivity (Wildman–Crippen MR) is 104 cm³/mol. The molecule has 2 unspecified atom stereocenters. The Bertz CT molecular complexity index is 1000. The predicted octanol–water partition coefficient (Wildman–Crippen LogP) is 2.40. The number of pyridine rings is 1. The number of hydrogen-bond acceptors (Lipinski definition) is 6. The molecule has 8 nitrogen and oxygen atoms in total. The maximum Gasteiger partial charge on any atom is 0.340 e. The van der Waals surface area contributed by atoms with Crippen LogP contribution in [-0.4, -0.2) is 37.7 Å². The maximum absolute atomic E-state index is 12.6. The Kier molecular flexibility index (Phi) is 5.33. The molecule has 1 N–H and O–H groups in total. The largest absolute Gasteiger partial charge is 0.449 e. The second-order valence-electron chi connectivity index (χ2n) is 6.94. The summed E-state index contributed by atoms with van der Waals surface area (Å²) in [5.74, 6) is -0.387. The summed E-state index contributed by atoms with van der Waals surface area (Å²) in [6, 6.07) is 11.3. The molecule has 1 amide bonds. The van der Waals surface area contributed by atoms with Crippen molar-refractivity contribution in [1.82, 2.24) is 25.1 Å². The first-order valence-corrected chi connectivity index (χ1v) is 9.52. The van der Waals surface area contributed by atoms with Crippen molar-refractivity contribution in [2.75, 3.05) is 0 Å². The van der Waals surface area contributed by atoms with Crippen molar-refractivity contribution in [3.63, 3.8) is 0 Å². The Morgan fingerprint density at radius 1 is 1.24 bits per heavy atom. The van der Waals surface area contributed by atoms with Crippen LogP contribution in [-0.2, 0) is 16.0 Å². The first-order valence-electron chi connectivity index (χ1n) is 9.52. The van der Waals surface area contributed by atoms with Crippen LogP contribution in [0.5, 0.6) is 0 Å². The zero-order chi connectivity index (χ0) is 20.2. The summed E-state index contributed by atoms with van der Waals surface area (Å²) >= 11 is 0. The fourth-order valence-corrected chi connectivity index (χ4v) is 3.44. The summed E-state index contributed by atoms with van der Waals surface area (Å²) in [6.07, 6.45) is 6.29. The fourth-order valence-electron chi connectivity index (χ4n) is 3.44. The van der Waals surface area contributed by atoms with E-state index in [-0.39, 0.29) is 17.5 Å². The number of fused-ring (bicyclic) bond motifs is 1. The number of hydrogen-bond donors (Lipinski definition) is 1. The molecule has 148 valence electrons. The summed E-state index contributed by atoms with van der Waals surface area (Å²) in [5.41, 5.74) is 2.65. The molecule has 8 heteroatoms. The Morgan fingerprint density at radius 2 is 2.10 bits per heavy atom. The van der Waals surface area contributed by atoms with Gasteiger partial charge in [0, 0.05) is 6.20 Å². The van der Waals surface area contributed by atoms with E-state index >= 15 is 0 Å². The number of amides is 1. The van der Waals surface area contributed by atoms with E-state index in [2.05, 4.69) is 26.4 Å². The van der Waals surface area contributed by atoms with Gasteiger partial charge < -0.3 is 10.1 Å². The first kappa shape index (κ1) is 18.8. The number of aryl methyl sites for hydroxylation is 1. The molecule has 0 radical (unpaired) electrons. The third kappa shape index (κ3) is 4.16. The third-order valence-corrected chi connectivity index (χ3v) is 4.98. The van der Waals surface area contributed by atoms with Gasteiger partial charge in [0.25, 0.3) is 5.91 Å². The van der Waals surface area contributed by atoms with Gasteiger partial charge in [-0.1, -0.05) is 24.3 Å². The summed E-state index contributed by atoms with van der Waals surface area (Å²) < 4.78 is 6.81. The Labute approximate surface area is 167 Å². The van der Waals surface area contributed by atoms with Gasteiger partial charge in [-0.25, -0.2) is 19.4 Å². The number of carbonyl (C=O) groups is 2. The van der Waals surface area contributed by atoms with Crippen LogP contribution in [0, 0.1) is 0 Å². The highest BCUT2D eigenvalue weighted by Gasteiger charge is 2.25. The minimum absolute atomic E-state index is 0.0581. The molecule has 0 bridgehead atoms. The molecular formula is C21H21N5O3. The van der Waals surface area contributed by atoms with Crippen molar-refractivity contribution in [1.29, 1.82) is 0 Å². The smallest absolute Gasteiger partial charge is 0.340 e. The molecule has 29 heavy (non-hydrogen) atoms. The number of benzene rings is 1. The molecule has 0 spiro atoms. The third-order valence-electron chi connectivity index (χ3n) is 4.98. The van der Waals surface area contributed by atoms with Crippen LogP contribution in [0.15, 0.2) is 55.2 Å². The van der Waals surface area contributed by atoms with Crippen molar-refractivity contribution in [2.45, 2.75) is 38.3 Å². The van der Waals surface area contributed by atoms with Crippen LogP contribution < -0.4 is 5.32 Å². The zero-order valence-electron chi connectivity index (χ0n) is 16.0. The SMILES string of the molecule is CC(OC(=O)c1ccc(-n2cncn2)nc1)C(=O)NC1CCCc2ccccc21. The van der Waals surface area contributed by atoms with Crippen molar-refractivity contribution in [3.05, 3.63) is 71.9 Å². The normalized spacial score (nSPS) is 16.5. The molecule has 2 atom stereocenters. The van der Waals surface area contributed by atoms with E-state index in [9.17, 15) is 9.59 Å². The molecule has 2 aromatic heterocycles. The van der Waals surface area contributed by atoms with Gasteiger partial charge in [-0.3, -0.25) is 4.79 Å². The summed E-state index contributed by atoms with van der Waals surface area (Å²) in [6.45, 7) is 1.57. The second kappa shape index (κ2) is 8.22. The van der Waals surface area contributed by atoms with Crippen LogP contribution in [0.4, 0.5) is 0 Å². The molecule has 4 rings (SSSR count). The number of esters is 1. The number of nitrogens with one attached hydrogen (secondary N) is 1. The van der Waals surface area contributed by atoms with Gasteiger partial charge >= 0.3 is 5.97 Å². The van der Waals surface area contributed by atoms with Crippen LogP contribution in [0.3, 0.4) is 0 Å². The molecule has 1 aromatic carbocycles. The Balaban J connectivity index is 1.37. The molecule has 1 aliphatic carbocycles. The van der Waals surface area contributed by atoms with Gasteiger partial charge in [0.2, 0.25) is 0 Å². The summed E-state index contributed by atoms with van der Waals surface area (Å²) in [7, 11) is 0. The molecule has 0 saturated heterocycles. The molecule has 0 fully saturated rings. The average molecular weight is 391 g/mol. The van der Waals surface area contributed by atoms with Gasteiger partial charge in [-0.15, -0.1) is 0 Å². The monoisotopic (exact) mass is 391 g/mol. The summed E-state index contributed by atoms with van der Waals surface area (Å²) in [4.78, 5) is 33.0. The Morgan fingerprint density at radius 3 is 2.86 bits per heavy atom. The Hall–Kier alpha value is -3.55. The lowest BCUT2D eigenvalue weighted by Crippen LogP contribution is -2.39. The fraction of sp³-hybridized carbons (Fsp3) is 0.286. The number of aromatic nitrogens is 4. The van der Waals surface area contributed by atoms with E-state index in [1.807, 2.05) is 18.2 Å². The van der Waals surface area contributed by atoms with Crippen molar-refractivity contribution < 1.29 is 14.3 Å². The van der Waals surface area contributed by atoms with Crippen molar-refractivity contribution >= 4 is 11.9 Å². The van der Waals surface area contributed by atoms with E-state index in [1.165, 1.54) is 29.1 Å². The minimum Gasteiger partial charge on any atom is -0.449 e. The number of ether oxygens (including phenoxy) is 1. The van der Waals surface area contributed by atoms with Gasteiger partial charge in [-0.2, -0.15) is 5.10 Å². The van der Waals surface area contributed by atoms with Gasteiger partial charge in [0.05, 0.1) is 11.6 Å². The second-order valence-corrected chi connectivity index (χ2v) is 6.94. The van der Waals surface area contributed by atoms with Crippen LogP contribution in [0.25, 0.3) is 5.82 Å². The first-order chi connectivity index (χ1) is 14.1. The lowest BCUT2D eigenvalue weighted by atomic mass is 9.87. The minimum atomic E-state index is -0.911. The number of rotatable bonds is 5. The van der Waals surface area contributed by atoms with Gasteiger partial charge in [0.1, 0.15) is 12.7 Å². The number of carbonyl (C=O) groups excluding carboxylic acids is 2. The average Bonchev–Trinajstić information content (AvgIpc) is 3.29. The highest BCUT2D eigenvalue weighted by atomic mass is 16.5. The van der Waals surface area contributed by atoms with Crippen LogP contribution in [0.2, 0.25) is 0 Å². The van der Waals surface area contributed by atoms with Crippen molar-refractivity contribution in [2.24, 2.45) is 0 Å². The van der Waals surface area contributed by atoms with E-state index in [0.29, 0.717) is 5.82 Å². The maximum atomic E-state index is 12.6. The van der Waals surface area contributed by atoms with E-state index in [4.69, 9.17) is 4.74 Å². The molecule has 3 aromatic rings. The topological polar surface area (TPSA) is 99.0 Å². The molecule has 1 aliphatic rings. The highest BCUT2D eigenvalue weighted by molar-refractivity contribution is 5.92. The number of nitrogens with zero attached hydrogens (tertiary/aromatic N) is 4. The van der Waals surface area contributed by atoms with Gasteiger partial charge in [-0.05, 0) is 49.4 Å². The molecule has 0 aliphatic heterocycles. The lowest BCUT2D eigenvalue weighted by Gasteiger charge is -2.27. The lowest BCUT2D eigenvalue weighted by molar-refractivity contribution is -0.130. The zero-order valence-corrected chi connectivity index (χ0v) is 16.0.